The molecule has 1 aromatic heterocycles. The molecule has 0 aliphatic rings. The van der Waals surface area contributed by atoms with Crippen LogP contribution in [0.15, 0.2) is 18.2 Å². The van der Waals surface area contributed by atoms with Crippen LogP contribution in [0.3, 0.4) is 0 Å². The highest BCUT2D eigenvalue weighted by Gasteiger charge is 2.04. The lowest BCUT2D eigenvalue weighted by Gasteiger charge is -2.02. The number of fused-ring (bicyclic) bond motifs is 1. The third-order valence-electron chi connectivity index (χ3n) is 2.19. The number of aromatic amines is 1. The molecule has 2 heteroatoms. The molecule has 1 heterocycles. The standard InChI is InChI=1S/C11H13NO/c1-7-4-9-6-8(2)12-11(9)10(5-7)13-3/h4-6,12H,1-3H3. The molecule has 0 atom stereocenters. The first-order valence-electron chi connectivity index (χ1n) is 4.34. The predicted octanol–water partition coefficient (Wildman–Crippen LogP) is 2.79. The summed E-state index contributed by atoms with van der Waals surface area (Å²) >= 11 is 0. The minimum absolute atomic E-state index is 0.920. The Hall–Kier alpha value is -1.44. The number of benzene rings is 1. The van der Waals surface area contributed by atoms with Crippen molar-refractivity contribution in [1.82, 2.24) is 4.98 Å². The van der Waals surface area contributed by atoms with Crippen LogP contribution in [0.25, 0.3) is 10.9 Å². The maximum atomic E-state index is 5.29. The predicted molar refractivity (Wildman–Crippen MR) is 54.3 cm³/mol. The Morgan fingerprint density at radius 1 is 1.15 bits per heavy atom. The molecule has 1 N–H and O–H groups in total. The molecule has 0 fully saturated rings. The Bertz CT molecular complexity index is 443. The van der Waals surface area contributed by atoms with Crippen molar-refractivity contribution >= 4 is 10.9 Å². The second-order valence-corrected chi connectivity index (χ2v) is 3.38. The highest BCUT2D eigenvalue weighted by atomic mass is 16.5. The largest absolute Gasteiger partial charge is 0.495 e. The normalized spacial score (nSPS) is 10.7. The summed E-state index contributed by atoms with van der Waals surface area (Å²) in [5, 5.41) is 1.22. The zero-order chi connectivity index (χ0) is 9.42. The second-order valence-electron chi connectivity index (χ2n) is 3.38. The van der Waals surface area contributed by atoms with Gasteiger partial charge in [0.1, 0.15) is 5.75 Å². The van der Waals surface area contributed by atoms with E-state index in [1.165, 1.54) is 16.6 Å². The van der Waals surface area contributed by atoms with Gasteiger partial charge in [-0.15, -0.1) is 0 Å². The third kappa shape index (κ3) is 1.28. The van der Waals surface area contributed by atoms with Crippen molar-refractivity contribution in [3.63, 3.8) is 0 Å². The number of methoxy groups -OCH3 is 1. The maximum absolute atomic E-state index is 5.29. The number of ether oxygens (including phenoxy) is 1. The summed E-state index contributed by atoms with van der Waals surface area (Å²) in [5.41, 5.74) is 3.48. The van der Waals surface area contributed by atoms with Crippen molar-refractivity contribution in [3.05, 3.63) is 29.5 Å². The van der Waals surface area contributed by atoms with E-state index in [1.807, 2.05) is 6.07 Å². The Labute approximate surface area is 77.5 Å². The van der Waals surface area contributed by atoms with Crippen molar-refractivity contribution < 1.29 is 4.74 Å². The van der Waals surface area contributed by atoms with Crippen LogP contribution >= 0.6 is 0 Å². The van der Waals surface area contributed by atoms with E-state index in [0.717, 1.165) is 11.3 Å². The number of aryl methyl sites for hydroxylation is 2. The molecule has 13 heavy (non-hydrogen) atoms. The number of hydrogen-bond acceptors (Lipinski definition) is 1. The summed E-state index contributed by atoms with van der Waals surface area (Å²) in [6.07, 6.45) is 0. The van der Waals surface area contributed by atoms with E-state index >= 15 is 0 Å². The van der Waals surface area contributed by atoms with Gasteiger partial charge in [0.25, 0.3) is 0 Å². The summed E-state index contributed by atoms with van der Waals surface area (Å²) in [7, 11) is 1.70. The minimum Gasteiger partial charge on any atom is -0.495 e. The first-order valence-corrected chi connectivity index (χ1v) is 4.34. The van der Waals surface area contributed by atoms with Crippen molar-refractivity contribution in [2.45, 2.75) is 13.8 Å². The van der Waals surface area contributed by atoms with E-state index in [-0.39, 0.29) is 0 Å². The van der Waals surface area contributed by atoms with E-state index in [2.05, 4.69) is 31.0 Å². The Morgan fingerprint density at radius 3 is 2.62 bits per heavy atom. The number of aromatic nitrogens is 1. The van der Waals surface area contributed by atoms with Gasteiger partial charge in [0.05, 0.1) is 12.6 Å². The lowest BCUT2D eigenvalue weighted by molar-refractivity contribution is 0.418. The van der Waals surface area contributed by atoms with Gasteiger partial charge in [-0.05, 0) is 37.6 Å². The van der Waals surface area contributed by atoms with Gasteiger partial charge in [-0.2, -0.15) is 0 Å². The fraction of sp³-hybridized carbons (Fsp3) is 0.273. The van der Waals surface area contributed by atoms with Gasteiger partial charge in [0.15, 0.2) is 0 Å². The molecule has 0 spiro atoms. The Balaban J connectivity index is 2.80. The molecule has 0 aliphatic carbocycles. The van der Waals surface area contributed by atoms with Gasteiger partial charge >= 0.3 is 0 Å². The molecule has 2 rings (SSSR count). The average Bonchev–Trinajstić information content (AvgIpc) is 2.43. The molecular weight excluding hydrogens is 162 g/mol. The number of H-pyrrole nitrogens is 1. The summed E-state index contributed by atoms with van der Waals surface area (Å²) in [6, 6.07) is 6.32. The van der Waals surface area contributed by atoms with Crippen LogP contribution in [-0.4, -0.2) is 12.1 Å². The molecule has 0 saturated heterocycles. The number of nitrogens with one attached hydrogen (secondary N) is 1. The molecule has 2 aromatic rings. The monoisotopic (exact) mass is 175 g/mol. The summed E-state index contributed by atoms with van der Waals surface area (Å²) < 4.78 is 5.29. The quantitative estimate of drug-likeness (QED) is 0.708. The first kappa shape index (κ1) is 8.17. The van der Waals surface area contributed by atoms with E-state index in [0.29, 0.717) is 0 Å². The molecule has 0 amide bonds. The van der Waals surface area contributed by atoms with Gasteiger partial charge in [-0.1, -0.05) is 0 Å². The molecule has 2 nitrogen and oxygen atoms in total. The van der Waals surface area contributed by atoms with Crippen LogP contribution in [0.2, 0.25) is 0 Å². The van der Waals surface area contributed by atoms with Gasteiger partial charge in [-0.3, -0.25) is 0 Å². The Morgan fingerprint density at radius 2 is 1.92 bits per heavy atom. The highest BCUT2D eigenvalue weighted by molar-refractivity contribution is 5.86. The molecular formula is C11H13NO. The van der Waals surface area contributed by atoms with E-state index < -0.39 is 0 Å². The van der Waals surface area contributed by atoms with Gasteiger partial charge in [-0.25, -0.2) is 0 Å². The fourth-order valence-electron chi connectivity index (χ4n) is 1.66. The van der Waals surface area contributed by atoms with E-state index in [9.17, 15) is 0 Å². The van der Waals surface area contributed by atoms with Gasteiger partial charge in [0.2, 0.25) is 0 Å². The van der Waals surface area contributed by atoms with Crippen LogP contribution in [0.5, 0.6) is 5.75 Å². The lowest BCUT2D eigenvalue weighted by atomic mass is 10.1. The lowest BCUT2D eigenvalue weighted by Crippen LogP contribution is -1.85. The van der Waals surface area contributed by atoms with E-state index in [1.54, 1.807) is 7.11 Å². The van der Waals surface area contributed by atoms with Crippen molar-refractivity contribution in [3.8, 4) is 5.75 Å². The highest BCUT2D eigenvalue weighted by Crippen LogP contribution is 2.26. The molecule has 68 valence electrons. The summed E-state index contributed by atoms with van der Waals surface area (Å²) in [4.78, 5) is 3.28. The number of hydrogen-bond donors (Lipinski definition) is 1. The van der Waals surface area contributed by atoms with Crippen molar-refractivity contribution in [2.24, 2.45) is 0 Å². The molecule has 0 radical (unpaired) electrons. The summed E-state index contributed by atoms with van der Waals surface area (Å²) in [5.74, 6) is 0.920. The zero-order valence-electron chi connectivity index (χ0n) is 8.14. The van der Waals surface area contributed by atoms with Crippen molar-refractivity contribution in [2.75, 3.05) is 7.11 Å². The van der Waals surface area contributed by atoms with Crippen molar-refractivity contribution in [1.29, 1.82) is 0 Å². The second kappa shape index (κ2) is 2.80. The average molecular weight is 175 g/mol. The van der Waals surface area contributed by atoms with Crippen LogP contribution in [0, 0.1) is 13.8 Å². The molecule has 0 unspecified atom stereocenters. The molecule has 0 aliphatic heterocycles. The summed E-state index contributed by atoms with van der Waals surface area (Å²) in [6.45, 7) is 4.12. The molecule has 1 aromatic carbocycles. The SMILES string of the molecule is COc1cc(C)cc2cc(C)[nH]c12. The zero-order valence-corrected chi connectivity index (χ0v) is 8.14. The Kier molecular flexibility index (Phi) is 1.76. The van der Waals surface area contributed by atoms with Crippen LogP contribution in [-0.2, 0) is 0 Å². The van der Waals surface area contributed by atoms with Crippen LogP contribution in [0.4, 0.5) is 0 Å². The third-order valence-corrected chi connectivity index (χ3v) is 2.19. The van der Waals surface area contributed by atoms with Crippen LogP contribution < -0.4 is 4.74 Å². The smallest absolute Gasteiger partial charge is 0.143 e. The maximum Gasteiger partial charge on any atom is 0.143 e. The molecule has 0 saturated carbocycles. The van der Waals surface area contributed by atoms with Gasteiger partial charge < -0.3 is 9.72 Å². The molecule has 0 bridgehead atoms. The first-order chi connectivity index (χ1) is 6.20. The van der Waals surface area contributed by atoms with Gasteiger partial charge in [0, 0.05) is 11.1 Å². The number of rotatable bonds is 1. The topological polar surface area (TPSA) is 25.0 Å². The van der Waals surface area contributed by atoms with E-state index in [4.69, 9.17) is 4.74 Å². The fourth-order valence-corrected chi connectivity index (χ4v) is 1.66. The van der Waals surface area contributed by atoms with Crippen LogP contribution in [0.1, 0.15) is 11.3 Å². The minimum atomic E-state index is 0.920.